The number of halogens is 1. The SMILES string of the molecule is CCOC(=O)c1cnc2ccc(Br)cc2c1N[C@H]1CCC(OC)C1. The van der Waals surface area contributed by atoms with Crippen LogP contribution in [0.5, 0.6) is 0 Å². The van der Waals surface area contributed by atoms with Crippen molar-refractivity contribution in [3.8, 4) is 0 Å². The number of carbonyl (C=O) groups excluding carboxylic acids is 1. The maximum absolute atomic E-state index is 12.3. The van der Waals surface area contributed by atoms with Crippen LogP contribution in [-0.4, -0.2) is 36.8 Å². The lowest BCUT2D eigenvalue weighted by molar-refractivity contribution is 0.0527. The van der Waals surface area contributed by atoms with Crippen molar-refractivity contribution < 1.29 is 14.3 Å². The molecule has 1 saturated carbocycles. The monoisotopic (exact) mass is 392 g/mol. The van der Waals surface area contributed by atoms with Crippen LogP contribution in [-0.2, 0) is 9.47 Å². The number of anilines is 1. The fourth-order valence-electron chi connectivity index (χ4n) is 3.17. The quantitative estimate of drug-likeness (QED) is 0.774. The topological polar surface area (TPSA) is 60.5 Å². The molecule has 0 spiro atoms. The summed E-state index contributed by atoms with van der Waals surface area (Å²) in [6, 6.07) is 6.13. The first-order valence-electron chi connectivity index (χ1n) is 8.17. The molecular formula is C18H21BrN2O3. The van der Waals surface area contributed by atoms with Gasteiger partial charge in [-0.2, -0.15) is 0 Å². The molecule has 1 aromatic heterocycles. The van der Waals surface area contributed by atoms with Crippen molar-refractivity contribution in [3.05, 3.63) is 34.4 Å². The van der Waals surface area contributed by atoms with Gasteiger partial charge in [0.25, 0.3) is 0 Å². The second-order valence-corrected chi connectivity index (χ2v) is 6.86. The molecule has 2 atom stereocenters. The van der Waals surface area contributed by atoms with Crippen molar-refractivity contribution in [3.63, 3.8) is 0 Å². The van der Waals surface area contributed by atoms with Gasteiger partial charge in [0.15, 0.2) is 0 Å². The number of pyridine rings is 1. The minimum Gasteiger partial charge on any atom is -0.462 e. The van der Waals surface area contributed by atoms with Crippen LogP contribution in [0, 0.1) is 0 Å². The van der Waals surface area contributed by atoms with Crippen molar-refractivity contribution in [2.45, 2.75) is 38.3 Å². The van der Waals surface area contributed by atoms with Gasteiger partial charge in [-0.1, -0.05) is 15.9 Å². The predicted molar refractivity (Wildman–Crippen MR) is 97.5 cm³/mol. The van der Waals surface area contributed by atoms with Crippen molar-refractivity contribution in [1.29, 1.82) is 0 Å². The van der Waals surface area contributed by atoms with E-state index in [1.165, 1.54) is 0 Å². The normalized spacial score (nSPS) is 20.3. The lowest BCUT2D eigenvalue weighted by Crippen LogP contribution is -2.20. The molecule has 128 valence electrons. The molecule has 0 aliphatic heterocycles. The summed E-state index contributed by atoms with van der Waals surface area (Å²) >= 11 is 3.50. The van der Waals surface area contributed by atoms with Crippen LogP contribution in [0.1, 0.15) is 36.5 Å². The Morgan fingerprint density at radius 3 is 2.96 bits per heavy atom. The van der Waals surface area contributed by atoms with E-state index in [1.807, 2.05) is 18.2 Å². The molecule has 5 nitrogen and oxygen atoms in total. The zero-order chi connectivity index (χ0) is 17.1. The Bertz CT molecular complexity index is 750. The van der Waals surface area contributed by atoms with Gasteiger partial charge >= 0.3 is 5.97 Å². The lowest BCUT2D eigenvalue weighted by Gasteiger charge is -2.19. The van der Waals surface area contributed by atoms with Crippen molar-refractivity contribution in [1.82, 2.24) is 4.98 Å². The number of benzene rings is 1. The highest BCUT2D eigenvalue weighted by molar-refractivity contribution is 9.10. The van der Waals surface area contributed by atoms with Crippen LogP contribution in [0.25, 0.3) is 10.9 Å². The van der Waals surface area contributed by atoms with Crippen molar-refractivity contribution >= 4 is 38.5 Å². The van der Waals surface area contributed by atoms with Gasteiger partial charge < -0.3 is 14.8 Å². The largest absolute Gasteiger partial charge is 0.462 e. The van der Waals surface area contributed by atoms with Gasteiger partial charge in [-0.15, -0.1) is 0 Å². The minimum absolute atomic E-state index is 0.271. The molecule has 0 radical (unpaired) electrons. The van der Waals surface area contributed by atoms with Gasteiger partial charge in [-0.05, 0) is 44.4 Å². The maximum atomic E-state index is 12.3. The van der Waals surface area contributed by atoms with E-state index in [2.05, 4.69) is 26.2 Å². The van der Waals surface area contributed by atoms with Gasteiger partial charge in [0.1, 0.15) is 5.56 Å². The molecule has 1 heterocycles. The fraction of sp³-hybridized carbons (Fsp3) is 0.444. The fourth-order valence-corrected chi connectivity index (χ4v) is 3.53. The number of aromatic nitrogens is 1. The molecule has 1 fully saturated rings. The van der Waals surface area contributed by atoms with Crippen LogP contribution in [0.3, 0.4) is 0 Å². The molecule has 1 aliphatic rings. The highest BCUT2D eigenvalue weighted by atomic mass is 79.9. The molecule has 24 heavy (non-hydrogen) atoms. The number of esters is 1. The van der Waals surface area contributed by atoms with Crippen LogP contribution in [0.15, 0.2) is 28.9 Å². The van der Waals surface area contributed by atoms with Crippen molar-refractivity contribution in [2.24, 2.45) is 0 Å². The first-order chi connectivity index (χ1) is 11.6. The summed E-state index contributed by atoms with van der Waals surface area (Å²) in [5, 5.41) is 4.45. The molecule has 1 N–H and O–H groups in total. The average molecular weight is 393 g/mol. The number of hydrogen-bond donors (Lipinski definition) is 1. The minimum atomic E-state index is -0.351. The van der Waals surface area contributed by atoms with Crippen molar-refractivity contribution in [2.75, 3.05) is 19.0 Å². The van der Waals surface area contributed by atoms with Crippen LogP contribution in [0.2, 0.25) is 0 Å². The number of rotatable bonds is 5. The van der Waals surface area contributed by atoms with E-state index in [1.54, 1.807) is 20.2 Å². The third kappa shape index (κ3) is 3.54. The first-order valence-corrected chi connectivity index (χ1v) is 8.96. The zero-order valence-electron chi connectivity index (χ0n) is 13.8. The van der Waals surface area contributed by atoms with Crippen LogP contribution in [0.4, 0.5) is 5.69 Å². The average Bonchev–Trinajstić information content (AvgIpc) is 3.03. The Morgan fingerprint density at radius 2 is 2.25 bits per heavy atom. The predicted octanol–water partition coefficient (Wildman–Crippen LogP) is 4.15. The molecule has 1 unspecified atom stereocenters. The summed E-state index contributed by atoms with van der Waals surface area (Å²) in [6.07, 6.45) is 4.83. The number of fused-ring (bicyclic) bond motifs is 1. The van der Waals surface area contributed by atoms with Gasteiger partial charge in [0.2, 0.25) is 0 Å². The number of methoxy groups -OCH3 is 1. The summed E-state index contributed by atoms with van der Waals surface area (Å²) in [4.78, 5) is 16.8. The second-order valence-electron chi connectivity index (χ2n) is 5.94. The van der Waals surface area contributed by atoms with Gasteiger partial charge in [0, 0.05) is 29.2 Å². The standard InChI is InChI=1S/C18H21BrN2O3/c1-3-24-18(22)15-10-20-16-7-4-11(19)8-14(16)17(15)21-12-5-6-13(9-12)23-2/h4,7-8,10,12-13H,3,5-6,9H2,1-2H3,(H,20,21)/t12-,13?/m0/s1. The first kappa shape index (κ1) is 17.2. The molecule has 0 amide bonds. The Morgan fingerprint density at radius 1 is 1.42 bits per heavy atom. The zero-order valence-corrected chi connectivity index (χ0v) is 15.4. The Hall–Kier alpha value is -1.66. The summed E-state index contributed by atoms with van der Waals surface area (Å²) in [7, 11) is 1.75. The van der Waals surface area contributed by atoms with E-state index in [9.17, 15) is 4.79 Å². The number of hydrogen-bond acceptors (Lipinski definition) is 5. The molecule has 0 bridgehead atoms. The lowest BCUT2D eigenvalue weighted by atomic mass is 10.1. The molecule has 2 aromatic rings. The third-order valence-electron chi connectivity index (χ3n) is 4.39. The number of nitrogens with zero attached hydrogens (tertiary/aromatic N) is 1. The molecule has 0 saturated heterocycles. The summed E-state index contributed by atoms with van der Waals surface area (Å²) in [6.45, 7) is 2.14. The van der Waals surface area contributed by atoms with E-state index in [4.69, 9.17) is 9.47 Å². The highest BCUT2D eigenvalue weighted by Gasteiger charge is 2.26. The Labute approximate surface area is 149 Å². The van der Waals surface area contributed by atoms with Gasteiger partial charge in [-0.25, -0.2) is 4.79 Å². The highest BCUT2D eigenvalue weighted by Crippen LogP contribution is 2.32. The smallest absolute Gasteiger partial charge is 0.341 e. The van der Waals surface area contributed by atoms with E-state index in [0.717, 1.165) is 40.3 Å². The molecule has 1 aliphatic carbocycles. The third-order valence-corrected chi connectivity index (χ3v) is 4.88. The van der Waals surface area contributed by atoms with E-state index in [-0.39, 0.29) is 18.1 Å². The maximum Gasteiger partial charge on any atom is 0.341 e. The van der Waals surface area contributed by atoms with Gasteiger partial charge in [-0.3, -0.25) is 4.98 Å². The van der Waals surface area contributed by atoms with E-state index < -0.39 is 0 Å². The summed E-state index contributed by atoms with van der Waals surface area (Å²) in [5.41, 5.74) is 2.11. The molecule has 1 aromatic carbocycles. The van der Waals surface area contributed by atoms with Gasteiger partial charge in [0.05, 0.1) is 23.9 Å². The number of ether oxygens (including phenoxy) is 2. The van der Waals surface area contributed by atoms with E-state index >= 15 is 0 Å². The summed E-state index contributed by atoms with van der Waals surface area (Å²) < 4.78 is 11.6. The van der Waals surface area contributed by atoms with Crippen LogP contribution >= 0.6 is 15.9 Å². The van der Waals surface area contributed by atoms with Crippen LogP contribution < -0.4 is 5.32 Å². The Balaban J connectivity index is 2.02. The Kier molecular flexibility index (Phi) is 5.36. The summed E-state index contributed by atoms with van der Waals surface area (Å²) in [5.74, 6) is -0.351. The molecule has 6 heteroatoms. The van der Waals surface area contributed by atoms with E-state index in [0.29, 0.717) is 12.2 Å². The number of carbonyl (C=O) groups is 1. The second kappa shape index (κ2) is 7.49. The molecule has 3 rings (SSSR count). The number of nitrogens with one attached hydrogen (secondary N) is 1. The molecular weight excluding hydrogens is 372 g/mol.